The molecule has 136 valence electrons. The van der Waals surface area contributed by atoms with E-state index >= 15 is 0 Å². The van der Waals surface area contributed by atoms with Gasteiger partial charge >= 0.3 is 11.9 Å². The van der Waals surface area contributed by atoms with Gasteiger partial charge in [-0.05, 0) is 37.2 Å². The maximum absolute atomic E-state index is 9.10. The van der Waals surface area contributed by atoms with Crippen LogP contribution in [-0.2, 0) is 14.3 Å². The fraction of sp³-hybridized carbons (Fsp3) is 0.500. The van der Waals surface area contributed by atoms with Crippen LogP contribution in [0.4, 0.5) is 0 Å². The SMILES string of the molecule is CCCCNCCOCCSc1ccc(Cl)cc1.O=C(O)C(=O)O. The molecule has 0 aliphatic heterocycles. The molecule has 0 heterocycles. The van der Waals surface area contributed by atoms with E-state index < -0.39 is 11.9 Å². The Bertz CT molecular complexity index is 458. The number of carboxylic acids is 2. The molecule has 3 N–H and O–H groups in total. The van der Waals surface area contributed by atoms with Gasteiger partial charge < -0.3 is 20.3 Å². The van der Waals surface area contributed by atoms with Crippen LogP contribution in [-0.4, -0.2) is 54.2 Å². The first-order valence-electron chi connectivity index (χ1n) is 7.60. The first kappa shape index (κ1) is 22.7. The monoisotopic (exact) mass is 377 g/mol. The second kappa shape index (κ2) is 15.3. The van der Waals surface area contributed by atoms with Gasteiger partial charge in [-0.2, -0.15) is 0 Å². The molecule has 0 spiro atoms. The normalized spacial score (nSPS) is 9.92. The van der Waals surface area contributed by atoms with E-state index in [1.54, 1.807) is 11.8 Å². The lowest BCUT2D eigenvalue weighted by molar-refractivity contribution is -0.159. The fourth-order valence-electron chi connectivity index (χ4n) is 1.42. The Hall–Kier alpha value is -1.28. The Labute approximate surface area is 151 Å². The Kier molecular flexibility index (Phi) is 14.4. The van der Waals surface area contributed by atoms with Gasteiger partial charge in [-0.1, -0.05) is 24.9 Å². The zero-order valence-electron chi connectivity index (χ0n) is 13.7. The average molecular weight is 378 g/mol. The van der Waals surface area contributed by atoms with E-state index in [4.69, 9.17) is 36.1 Å². The molecule has 0 fully saturated rings. The van der Waals surface area contributed by atoms with Crippen molar-refractivity contribution in [2.24, 2.45) is 0 Å². The zero-order valence-corrected chi connectivity index (χ0v) is 15.2. The van der Waals surface area contributed by atoms with E-state index in [1.807, 2.05) is 24.3 Å². The quantitative estimate of drug-likeness (QED) is 0.327. The van der Waals surface area contributed by atoms with Gasteiger partial charge in [0.15, 0.2) is 0 Å². The molecule has 0 radical (unpaired) electrons. The number of rotatable bonds is 10. The van der Waals surface area contributed by atoms with Crippen molar-refractivity contribution >= 4 is 35.3 Å². The molecule has 8 heteroatoms. The number of aliphatic carboxylic acids is 2. The van der Waals surface area contributed by atoms with E-state index in [2.05, 4.69) is 12.2 Å². The summed E-state index contributed by atoms with van der Waals surface area (Å²) in [5.74, 6) is -2.67. The number of carbonyl (C=O) groups is 2. The third-order valence-corrected chi connectivity index (χ3v) is 3.85. The highest BCUT2D eigenvalue weighted by molar-refractivity contribution is 7.99. The van der Waals surface area contributed by atoms with Gasteiger partial charge in [0.25, 0.3) is 0 Å². The van der Waals surface area contributed by atoms with Gasteiger partial charge in [0.1, 0.15) is 0 Å². The van der Waals surface area contributed by atoms with Crippen molar-refractivity contribution in [3.63, 3.8) is 0 Å². The second-order valence-electron chi connectivity index (χ2n) is 4.63. The predicted molar refractivity (Wildman–Crippen MR) is 96.0 cm³/mol. The molecule has 0 amide bonds. The van der Waals surface area contributed by atoms with Crippen LogP contribution in [0.15, 0.2) is 29.2 Å². The third-order valence-electron chi connectivity index (χ3n) is 2.62. The smallest absolute Gasteiger partial charge is 0.414 e. The molecule has 1 rings (SSSR count). The topological polar surface area (TPSA) is 95.9 Å². The van der Waals surface area contributed by atoms with Crippen LogP contribution in [0.3, 0.4) is 0 Å². The lowest BCUT2D eigenvalue weighted by atomic mass is 10.3. The number of hydrogen-bond donors (Lipinski definition) is 3. The van der Waals surface area contributed by atoms with Gasteiger partial charge in [-0.15, -0.1) is 11.8 Å². The molecule has 6 nitrogen and oxygen atoms in total. The number of nitrogens with one attached hydrogen (secondary N) is 1. The molecule has 1 aromatic rings. The van der Waals surface area contributed by atoms with E-state index in [1.165, 1.54) is 17.7 Å². The third kappa shape index (κ3) is 14.3. The van der Waals surface area contributed by atoms with Crippen LogP contribution in [0.25, 0.3) is 0 Å². The fourth-order valence-corrected chi connectivity index (χ4v) is 2.31. The number of thioether (sulfide) groups is 1. The summed E-state index contributed by atoms with van der Waals surface area (Å²) in [4.78, 5) is 19.4. The van der Waals surface area contributed by atoms with E-state index in [9.17, 15) is 0 Å². The molecule has 0 atom stereocenters. The Morgan fingerprint density at radius 1 is 1.12 bits per heavy atom. The van der Waals surface area contributed by atoms with Crippen molar-refractivity contribution in [2.45, 2.75) is 24.7 Å². The number of carboxylic acid groups (broad SMARTS) is 2. The Morgan fingerprint density at radius 3 is 2.29 bits per heavy atom. The number of benzene rings is 1. The summed E-state index contributed by atoms with van der Waals surface area (Å²) < 4.78 is 5.55. The summed E-state index contributed by atoms with van der Waals surface area (Å²) in [6, 6.07) is 7.92. The first-order valence-corrected chi connectivity index (χ1v) is 8.96. The van der Waals surface area contributed by atoms with Crippen LogP contribution in [0, 0.1) is 0 Å². The standard InChI is InChI=1S/C14H22ClNOS.C2H2O4/c1-2-3-8-16-9-10-17-11-12-18-14-6-4-13(15)5-7-14;3-1(4)2(5)6/h4-7,16H,2-3,8-12H2,1H3;(H,3,4)(H,5,6). The van der Waals surface area contributed by atoms with Crippen LogP contribution in [0.5, 0.6) is 0 Å². The van der Waals surface area contributed by atoms with Gasteiger partial charge in [0.2, 0.25) is 0 Å². The second-order valence-corrected chi connectivity index (χ2v) is 6.23. The van der Waals surface area contributed by atoms with Crippen molar-refractivity contribution in [1.29, 1.82) is 0 Å². The minimum atomic E-state index is -1.82. The van der Waals surface area contributed by atoms with Gasteiger partial charge in [0, 0.05) is 22.2 Å². The summed E-state index contributed by atoms with van der Waals surface area (Å²) in [6.07, 6.45) is 2.48. The largest absolute Gasteiger partial charge is 0.473 e. The van der Waals surface area contributed by atoms with Crippen molar-refractivity contribution in [1.82, 2.24) is 5.32 Å². The molecule has 1 aromatic carbocycles. The predicted octanol–water partition coefficient (Wildman–Crippen LogP) is 2.99. The summed E-state index contributed by atoms with van der Waals surface area (Å²) in [5, 5.41) is 18.9. The highest BCUT2D eigenvalue weighted by Crippen LogP contribution is 2.19. The number of ether oxygens (including phenoxy) is 1. The maximum Gasteiger partial charge on any atom is 0.414 e. The summed E-state index contributed by atoms with van der Waals surface area (Å²) in [5.41, 5.74) is 0. The first-order chi connectivity index (χ1) is 11.5. The summed E-state index contributed by atoms with van der Waals surface area (Å²) >= 11 is 7.62. The minimum absolute atomic E-state index is 0.786. The van der Waals surface area contributed by atoms with Crippen molar-refractivity contribution in [3.8, 4) is 0 Å². The van der Waals surface area contributed by atoms with Gasteiger partial charge in [-0.3, -0.25) is 0 Å². The average Bonchev–Trinajstić information content (AvgIpc) is 2.55. The number of halogens is 1. The van der Waals surface area contributed by atoms with Gasteiger partial charge in [-0.25, -0.2) is 9.59 Å². The van der Waals surface area contributed by atoms with Crippen LogP contribution in [0.2, 0.25) is 5.02 Å². The molecule has 0 aliphatic rings. The maximum atomic E-state index is 9.10. The lowest BCUT2D eigenvalue weighted by Gasteiger charge is -2.05. The zero-order chi connectivity index (χ0) is 18.2. The van der Waals surface area contributed by atoms with Gasteiger partial charge in [0.05, 0.1) is 13.2 Å². The van der Waals surface area contributed by atoms with Crippen molar-refractivity contribution in [3.05, 3.63) is 29.3 Å². The molecular weight excluding hydrogens is 354 g/mol. The summed E-state index contributed by atoms with van der Waals surface area (Å²) in [7, 11) is 0. The minimum Gasteiger partial charge on any atom is -0.473 e. The molecule has 0 unspecified atom stereocenters. The van der Waals surface area contributed by atoms with Crippen molar-refractivity contribution < 1.29 is 24.5 Å². The highest BCUT2D eigenvalue weighted by Gasteiger charge is 2.04. The highest BCUT2D eigenvalue weighted by atomic mass is 35.5. The molecular formula is C16H24ClNO5S. The Morgan fingerprint density at radius 2 is 1.75 bits per heavy atom. The van der Waals surface area contributed by atoms with Crippen LogP contribution >= 0.6 is 23.4 Å². The van der Waals surface area contributed by atoms with Crippen molar-refractivity contribution in [2.75, 3.05) is 32.1 Å². The number of unbranched alkanes of at least 4 members (excludes halogenated alkanes) is 1. The lowest BCUT2D eigenvalue weighted by Crippen LogP contribution is -2.21. The Balaban J connectivity index is 0.000000754. The molecule has 0 saturated heterocycles. The van der Waals surface area contributed by atoms with Crippen LogP contribution in [0.1, 0.15) is 19.8 Å². The van der Waals surface area contributed by atoms with Crippen LogP contribution < -0.4 is 5.32 Å². The number of hydrogen-bond acceptors (Lipinski definition) is 5. The van der Waals surface area contributed by atoms with E-state index in [0.29, 0.717) is 0 Å². The van der Waals surface area contributed by atoms with E-state index in [-0.39, 0.29) is 0 Å². The summed E-state index contributed by atoms with van der Waals surface area (Å²) in [6.45, 7) is 5.84. The molecule has 0 aromatic heterocycles. The molecule has 24 heavy (non-hydrogen) atoms. The van der Waals surface area contributed by atoms with E-state index in [0.717, 1.165) is 37.1 Å². The molecule has 0 bridgehead atoms. The molecule has 0 saturated carbocycles. The molecule has 0 aliphatic carbocycles.